The van der Waals surface area contributed by atoms with Crippen molar-refractivity contribution >= 4 is 23.4 Å². The van der Waals surface area contributed by atoms with Crippen LogP contribution >= 0.6 is 0 Å². The average molecular weight is 444 g/mol. The lowest BCUT2D eigenvalue weighted by molar-refractivity contribution is -0.394. The van der Waals surface area contributed by atoms with E-state index in [4.69, 9.17) is 4.74 Å². The molecule has 10 heteroatoms. The molecule has 164 valence electrons. The molecule has 0 aliphatic carbocycles. The second kappa shape index (κ2) is 10.3. The van der Waals surface area contributed by atoms with Gasteiger partial charge >= 0.3 is 5.69 Å². The van der Waals surface area contributed by atoms with Gasteiger partial charge in [-0.05, 0) is 35.4 Å². The van der Waals surface area contributed by atoms with Gasteiger partial charge in [0.2, 0.25) is 5.75 Å². The number of carbonyl (C=O) groups excluding carboxylic acids is 1. The molecular weight excluding hydrogens is 428 g/mol. The highest BCUT2D eigenvalue weighted by molar-refractivity contribution is 6.01. The maximum atomic E-state index is 12.3. The third-order valence-electron chi connectivity index (χ3n) is 4.43. The summed E-state index contributed by atoms with van der Waals surface area (Å²) in [5, 5.41) is 34.1. The van der Waals surface area contributed by atoms with E-state index < -0.39 is 27.1 Å². The number of carbonyl (C=O) groups is 1. The summed E-state index contributed by atoms with van der Waals surface area (Å²) in [6, 6.07) is 20.3. The number of rotatable bonds is 8. The average Bonchev–Trinajstić information content (AvgIpc) is 2.82. The molecule has 0 saturated heterocycles. The Kier molecular flexibility index (Phi) is 7.08. The van der Waals surface area contributed by atoms with Crippen LogP contribution in [0.2, 0.25) is 0 Å². The fraction of sp³-hybridized carbons (Fsp3) is 0.0435. The molecule has 0 bridgehead atoms. The fourth-order valence-corrected chi connectivity index (χ4v) is 2.80. The van der Waals surface area contributed by atoms with Gasteiger partial charge < -0.3 is 10.1 Å². The number of hydrogen-bond acceptors (Lipinski definition) is 7. The summed E-state index contributed by atoms with van der Waals surface area (Å²) in [5.74, 6) is -0.453. The Morgan fingerprint density at radius 2 is 1.70 bits per heavy atom. The Bertz CT molecular complexity index is 1260. The van der Waals surface area contributed by atoms with Gasteiger partial charge in [0.05, 0.1) is 15.9 Å². The number of nitrogens with one attached hydrogen (secondary N) is 1. The molecule has 0 fully saturated rings. The standard InChI is InChI=1S/C23H16N4O6/c24-14-18(23(28)25-15-17-4-2-1-3-5-17)12-16-6-9-20(10-7-16)33-22-11-8-19(26(29)30)13-21(22)27(31)32/h1-13H,15H2,(H,25,28)/b18-12+. The van der Waals surface area contributed by atoms with E-state index in [0.29, 0.717) is 5.56 Å². The molecule has 0 radical (unpaired) electrons. The quantitative estimate of drug-likeness (QED) is 0.232. The van der Waals surface area contributed by atoms with Crippen LogP contribution in [-0.2, 0) is 11.3 Å². The lowest BCUT2D eigenvalue weighted by atomic mass is 10.1. The van der Waals surface area contributed by atoms with Gasteiger partial charge in [0.25, 0.3) is 11.6 Å². The molecule has 3 aromatic carbocycles. The molecule has 0 atom stereocenters. The van der Waals surface area contributed by atoms with Crippen molar-refractivity contribution in [2.75, 3.05) is 0 Å². The third-order valence-corrected chi connectivity index (χ3v) is 4.43. The largest absolute Gasteiger partial charge is 0.450 e. The van der Waals surface area contributed by atoms with Crippen molar-refractivity contribution < 1.29 is 19.4 Å². The molecular formula is C23H16N4O6. The van der Waals surface area contributed by atoms with Crippen LogP contribution in [0.4, 0.5) is 11.4 Å². The van der Waals surface area contributed by atoms with Crippen LogP contribution < -0.4 is 10.1 Å². The maximum Gasteiger partial charge on any atom is 0.318 e. The molecule has 0 aliphatic rings. The summed E-state index contributed by atoms with van der Waals surface area (Å²) in [4.78, 5) is 32.9. The van der Waals surface area contributed by atoms with E-state index in [-0.39, 0.29) is 23.6 Å². The van der Waals surface area contributed by atoms with E-state index in [0.717, 1.165) is 23.8 Å². The van der Waals surface area contributed by atoms with Crippen molar-refractivity contribution in [2.45, 2.75) is 6.54 Å². The molecule has 0 aromatic heterocycles. The van der Waals surface area contributed by atoms with Crippen LogP contribution in [0.5, 0.6) is 11.5 Å². The number of nitrogens with zero attached hydrogens (tertiary/aromatic N) is 3. The van der Waals surface area contributed by atoms with Crippen LogP contribution in [0.15, 0.2) is 78.4 Å². The first-order valence-corrected chi connectivity index (χ1v) is 9.52. The summed E-state index contributed by atoms with van der Waals surface area (Å²) in [6.45, 7) is 0.277. The Balaban J connectivity index is 1.72. The van der Waals surface area contributed by atoms with Crippen molar-refractivity contribution in [3.63, 3.8) is 0 Å². The first-order valence-electron chi connectivity index (χ1n) is 9.52. The van der Waals surface area contributed by atoms with Crippen molar-refractivity contribution in [1.82, 2.24) is 5.32 Å². The highest BCUT2D eigenvalue weighted by atomic mass is 16.6. The minimum atomic E-state index is -0.771. The second-order valence-electron chi connectivity index (χ2n) is 6.68. The summed E-state index contributed by atoms with van der Waals surface area (Å²) in [7, 11) is 0. The highest BCUT2D eigenvalue weighted by Gasteiger charge is 2.21. The van der Waals surface area contributed by atoms with Crippen molar-refractivity contribution in [3.8, 4) is 17.6 Å². The summed E-state index contributed by atoms with van der Waals surface area (Å²) < 4.78 is 5.50. The van der Waals surface area contributed by atoms with Gasteiger partial charge in [0, 0.05) is 12.6 Å². The van der Waals surface area contributed by atoms with Crippen LogP contribution in [0.3, 0.4) is 0 Å². The van der Waals surface area contributed by atoms with E-state index in [9.17, 15) is 30.3 Å². The number of benzene rings is 3. The van der Waals surface area contributed by atoms with Gasteiger partial charge in [-0.2, -0.15) is 5.26 Å². The molecule has 3 rings (SSSR count). The monoisotopic (exact) mass is 444 g/mol. The fourth-order valence-electron chi connectivity index (χ4n) is 2.80. The number of nitro benzene ring substituents is 2. The van der Waals surface area contributed by atoms with Crippen molar-refractivity contribution in [1.29, 1.82) is 5.26 Å². The van der Waals surface area contributed by atoms with Gasteiger partial charge in [-0.1, -0.05) is 42.5 Å². The molecule has 0 unspecified atom stereocenters. The normalized spacial score (nSPS) is 10.7. The van der Waals surface area contributed by atoms with Gasteiger partial charge in [0.1, 0.15) is 17.4 Å². The zero-order valence-electron chi connectivity index (χ0n) is 17.0. The predicted molar refractivity (Wildman–Crippen MR) is 118 cm³/mol. The molecule has 0 spiro atoms. The molecule has 1 N–H and O–H groups in total. The minimum absolute atomic E-state index is 0.0920. The number of nitriles is 1. The first-order chi connectivity index (χ1) is 15.9. The van der Waals surface area contributed by atoms with Crippen LogP contribution in [-0.4, -0.2) is 15.8 Å². The number of amides is 1. The summed E-state index contributed by atoms with van der Waals surface area (Å²) in [6.07, 6.45) is 1.40. The second-order valence-corrected chi connectivity index (χ2v) is 6.68. The molecule has 10 nitrogen and oxygen atoms in total. The maximum absolute atomic E-state index is 12.3. The number of non-ortho nitro benzene ring substituents is 1. The molecule has 0 saturated carbocycles. The summed E-state index contributed by atoms with van der Waals surface area (Å²) in [5.41, 5.74) is 0.363. The van der Waals surface area contributed by atoms with E-state index in [2.05, 4.69) is 5.32 Å². The van der Waals surface area contributed by atoms with Crippen LogP contribution in [0.25, 0.3) is 6.08 Å². The molecule has 0 heterocycles. The Morgan fingerprint density at radius 3 is 2.30 bits per heavy atom. The summed E-state index contributed by atoms with van der Waals surface area (Å²) >= 11 is 0. The highest BCUT2D eigenvalue weighted by Crippen LogP contribution is 2.34. The predicted octanol–water partition coefficient (Wildman–Crippen LogP) is 4.52. The van der Waals surface area contributed by atoms with E-state index in [1.165, 1.54) is 18.2 Å². The van der Waals surface area contributed by atoms with Crippen LogP contribution in [0.1, 0.15) is 11.1 Å². The number of hydrogen-bond donors (Lipinski definition) is 1. The number of ether oxygens (including phenoxy) is 1. The molecule has 3 aromatic rings. The number of nitro groups is 2. The van der Waals surface area contributed by atoms with Gasteiger partial charge in [-0.25, -0.2) is 0 Å². The Hall–Kier alpha value is -5.04. The topological polar surface area (TPSA) is 148 Å². The Morgan fingerprint density at radius 1 is 1.00 bits per heavy atom. The lowest BCUT2D eigenvalue weighted by Crippen LogP contribution is -2.23. The van der Waals surface area contributed by atoms with Gasteiger partial charge in [-0.15, -0.1) is 0 Å². The van der Waals surface area contributed by atoms with Crippen LogP contribution in [0, 0.1) is 31.6 Å². The van der Waals surface area contributed by atoms with E-state index in [1.54, 1.807) is 12.1 Å². The SMILES string of the molecule is N#C/C(=C\c1ccc(Oc2ccc([N+](=O)[O-])cc2[N+](=O)[O-])cc1)C(=O)NCc1ccccc1. The molecule has 33 heavy (non-hydrogen) atoms. The van der Waals surface area contributed by atoms with E-state index in [1.807, 2.05) is 36.4 Å². The minimum Gasteiger partial charge on any atom is -0.450 e. The third kappa shape index (κ3) is 5.99. The molecule has 0 aliphatic heterocycles. The first kappa shape index (κ1) is 22.6. The van der Waals surface area contributed by atoms with Gasteiger partial charge in [0.15, 0.2) is 0 Å². The Labute approximate surface area is 187 Å². The smallest absolute Gasteiger partial charge is 0.318 e. The van der Waals surface area contributed by atoms with E-state index >= 15 is 0 Å². The zero-order valence-corrected chi connectivity index (χ0v) is 17.0. The lowest BCUT2D eigenvalue weighted by Gasteiger charge is -2.07. The van der Waals surface area contributed by atoms with Crippen molar-refractivity contribution in [2.24, 2.45) is 0 Å². The zero-order chi connectivity index (χ0) is 23.8. The van der Waals surface area contributed by atoms with Crippen molar-refractivity contribution in [3.05, 3.63) is 110 Å². The molecule has 1 amide bonds. The van der Waals surface area contributed by atoms with Gasteiger partial charge in [-0.3, -0.25) is 25.0 Å².